The molecule has 0 aliphatic carbocycles. The van der Waals surface area contributed by atoms with Gasteiger partial charge in [-0.2, -0.15) is 0 Å². The Bertz CT molecular complexity index is 212. The molecule has 102 valence electrons. The van der Waals surface area contributed by atoms with E-state index in [2.05, 4.69) is 19.2 Å². The van der Waals surface area contributed by atoms with Gasteiger partial charge in [0.2, 0.25) is 5.91 Å². The molecule has 3 N–H and O–H groups in total. The highest BCUT2D eigenvalue weighted by atomic mass is 16.2. The van der Waals surface area contributed by atoms with Gasteiger partial charge in [-0.3, -0.25) is 4.79 Å². The average Bonchev–Trinajstić information content (AvgIpc) is 2.33. The van der Waals surface area contributed by atoms with Gasteiger partial charge in [0.25, 0.3) is 0 Å². The highest BCUT2D eigenvalue weighted by Crippen LogP contribution is 2.12. The average molecular weight is 242 g/mol. The Labute approximate surface area is 107 Å². The van der Waals surface area contributed by atoms with Crippen LogP contribution in [-0.4, -0.2) is 17.5 Å². The Balaban J connectivity index is 3.94. The van der Waals surface area contributed by atoms with Gasteiger partial charge in [0.05, 0.1) is 5.54 Å². The highest BCUT2D eigenvalue weighted by molar-refractivity contribution is 5.86. The molecule has 0 fully saturated rings. The minimum absolute atomic E-state index is 0.00508. The van der Waals surface area contributed by atoms with Crippen molar-refractivity contribution in [3.05, 3.63) is 0 Å². The number of nitrogens with one attached hydrogen (secondary N) is 1. The summed E-state index contributed by atoms with van der Waals surface area (Å²) in [6, 6.07) is 0.236. The summed E-state index contributed by atoms with van der Waals surface area (Å²) in [5.74, 6) is 0.00508. The Kier molecular flexibility index (Phi) is 8.23. The molecule has 0 aromatic heterocycles. The van der Waals surface area contributed by atoms with Crippen LogP contribution in [0.25, 0.3) is 0 Å². The van der Waals surface area contributed by atoms with Gasteiger partial charge >= 0.3 is 0 Å². The zero-order valence-corrected chi connectivity index (χ0v) is 12.0. The zero-order chi connectivity index (χ0) is 13.3. The van der Waals surface area contributed by atoms with E-state index in [0.717, 1.165) is 6.42 Å². The third-order valence-corrected chi connectivity index (χ3v) is 3.58. The molecule has 0 aromatic rings. The normalized spacial score (nSPS) is 13.5. The van der Waals surface area contributed by atoms with E-state index in [4.69, 9.17) is 5.73 Å². The van der Waals surface area contributed by atoms with E-state index in [0.29, 0.717) is 12.8 Å². The summed E-state index contributed by atoms with van der Waals surface area (Å²) >= 11 is 0. The minimum atomic E-state index is -0.683. The summed E-state index contributed by atoms with van der Waals surface area (Å²) in [7, 11) is 0. The third kappa shape index (κ3) is 6.06. The molecule has 0 saturated heterocycles. The lowest BCUT2D eigenvalue weighted by atomic mass is 9.92. The quantitative estimate of drug-likeness (QED) is 0.611. The van der Waals surface area contributed by atoms with E-state index in [1.54, 1.807) is 0 Å². The third-order valence-electron chi connectivity index (χ3n) is 3.58. The molecule has 0 spiro atoms. The predicted molar refractivity (Wildman–Crippen MR) is 73.9 cm³/mol. The summed E-state index contributed by atoms with van der Waals surface area (Å²) in [5, 5.41) is 3.04. The summed E-state index contributed by atoms with van der Waals surface area (Å²) in [4.78, 5) is 12.0. The lowest BCUT2D eigenvalue weighted by Crippen LogP contribution is -2.55. The molecule has 1 unspecified atom stereocenters. The van der Waals surface area contributed by atoms with E-state index in [-0.39, 0.29) is 11.9 Å². The van der Waals surface area contributed by atoms with E-state index in [1.807, 2.05) is 13.8 Å². The maximum atomic E-state index is 12.0. The predicted octanol–water partition coefficient (Wildman–Crippen LogP) is 2.98. The standard InChI is InChI=1S/C14H30N2O/c1-5-8-9-10-11-12(4)16-13(17)14(15,6-2)7-3/h12H,5-11,15H2,1-4H3,(H,16,17). The summed E-state index contributed by atoms with van der Waals surface area (Å²) in [5.41, 5.74) is 5.37. The van der Waals surface area contributed by atoms with Crippen LogP contribution in [-0.2, 0) is 4.79 Å². The fourth-order valence-electron chi connectivity index (χ4n) is 1.89. The lowest BCUT2D eigenvalue weighted by molar-refractivity contribution is -0.127. The first kappa shape index (κ1) is 16.4. The molecule has 0 saturated carbocycles. The number of nitrogens with two attached hydrogens (primary N) is 1. The van der Waals surface area contributed by atoms with Crippen LogP contribution in [0.15, 0.2) is 0 Å². The van der Waals surface area contributed by atoms with Gasteiger partial charge < -0.3 is 11.1 Å². The van der Waals surface area contributed by atoms with Crippen molar-refractivity contribution in [3.63, 3.8) is 0 Å². The van der Waals surface area contributed by atoms with Crippen molar-refractivity contribution in [2.75, 3.05) is 0 Å². The first-order valence-electron chi connectivity index (χ1n) is 7.10. The van der Waals surface area contributed by atoms with Crippen LogP contribution in [0.4, 0.5) is 0 Å². The van der Waals surface area contributed by atoms with Crippen LogP contribution in [0.3, 0.4) is 0 Å². The fraction of sp³-hybridized carbons (Fsp3) is 0.929. The molecule has 0 heterocycles. The topological polar surface area (TPSA) is 55.1 Å². The number of hydrogen-bond donors (Lipinski definition) is 2. The number of rotatable bonds is 9. The SMILES string of the molecule is CCCCCCC(C)NC(=O)C(N)(CC)CC. The molecule has 1 atom stereocenters. The molecule has 0 radical (unpaired) electrons. The van der Waals surface area contributed by atoms with Gasteiger partial charge in [0.15, 0.2) is 0 Å². The highest BCUT2D eigenvalue weighted by Gasteiger charge is 2.30. The van der Waals surface area contributed by atoms with Gasteiger partial charge in [-0.1, -0.05) is 46.5 Å². The van der Waals surface area contributed by atoms with Crippen LogP contribution < -0.4 is 11.1 Å². The Morgan fingerprint density at radius 2 is 1.76 bits per heavy atom. The molecule has 0 rings (SSSR count). The van der Waals surface area contributed by atoms with Crippen LogP contribution in [0.1, 0.15) is 72.6 Å². The smallest absolute Gasteiger partial charge is 0.240 e. The molecule has 0 bridgehead atoms. The van der Waals surface area contributed by atoms with E-state index in [1.165, 1.54) is 25.7 Å². The minimum Gasteiger partial charge on any atom is -0.352 e. The molecule has 3 nitrogen and oxygen atoms in total. The second-order valence-electron chi connectivity index (χ2n) is 5.09. The number of carbonyl (C=O) groups is 1. The van der Waals surface area contributed by atoms with Crippen LogP contribution in [0.5, 0.6) is 0 Å². The summed E-state index contributed by atoms with van der Waals surface area (Å²) < 4.78 is 0. The van der Waals surface area contributed by atoms with E-state index >= 15 is 0 Å². The van der Waals surface area contributed by atoms with Gasteiger partial charge in [-0.15, -0.1) is 0 Å². The van der Waals surface area contributed by atoms with Crippen molar-refractivity contribution < 1.29 is 4.79 Å². The van der Waals surface area contributed by atoms with Crippen LogP contribution in [0, 0.1) is 0 Å². The van der Waals surface area contributed by atoms with E-state index in [9.17, 15) is 4.79 Å². The number of carbonyl (C=O) groups excluding carboxylic acids is 1. The van der Waals surface area contributed by atoms with Crippen molar-refractivity contribution in [1.29, 1.82) is 0 Å². The number of hydrogen-bond acceptors (Lipinski definition) is 2. The molecular formula is C14H30N2O. The van der Waals surface area contributed by atoms with Crippen molar-refractivity contribution >= 4 is 5.91 Å². The monoisotopic (exact) mass is 242 g/mol. The Morgan fingerprint density at radius 3 is 2.24 bits per heavy atom. The van der Waals surface area contributed by atoms with Crippen molar-refractivity contribution in [1.82, 2.24) is 5.32 Å². The molecule has 0 aliphatic heterocycles. The molecule has 0 aliphatic rings. The van der Waals surface area contributed by atoms with Gasteiger partial charge in [-0.25, -0.2) is 0 Å². The summed E-state index contributed by atoms with van der Waals surface area (Å²) in [6.45, 7) is 8.20. The van der Waals surface area contributed by atoms with Crippen LogP contribution >= 0.6 is 0 Å². The largest absolute Gasteiger partial charge is 0.352 e. The lowest BCUT2D eigenvalue weighted by Gasteiger charge is -2.27. The summed E-state index contributed by atoms with van der Waals surface area (Å²) in [6.07, 6.45) is 7.41. The molecular weight excluding hydrogens is 212 g/mol. The molecule has 17 heavy (non-hydrogen) atoms. The second-order valence-corrected chi connectivity index (χ2v) is 5.09. The van der Waals surface area contributed by atoms with Gasteiger partial charge in [0, 0.05) is 6.04 Å². The fourth-order valence-corrected chi connectivity index (χ4v) is 1.89. The Morgan fingerprint density at radius 1 is 1.18 bits per heavy atom. The van der Waals surface area contributed by atoms with Crippen molar-refractivity contribution in [2.24, 2.45) is 5.73 Å². The first-order valence-corrected chi connectivity index (χ1v) is 7.10. The van der Waals surface area contributed by atoms with Crippen LogP contribution in [0.2, 0.25) is 0 Å². The maximum absolute atomic E-state index is 12.0. The van der Waals surface area contributed by atoms with Crippen molar-refractivity contribution in [3.8, 4) is 0 Å². The van der Waals surface area contributed by atoms with E-state index < -0.39 is 5.54 Å². The maximum Gasteiger partial charge on any atom is 0.240 e. The second kappa shape index (κ2) is 8.51. The first-order chi connectivity index (χ1) is 8.00. The number of unbranched alkanes of at least 4 members (excludes halogenated alkanes) is 3. The molecule has 3 heteroatoms. The van der Waals surface area contributed by atoms with Gasteiger partial charge in [0.1, 0.15) is 0 Å². The number of amides is 1. The molecule has 1 amide bonds. The Hall–Kier alpha value is -0.570. The van der Waals surface area contributed by atoms with Gasteiger partial charge in [-0.05, 0) is 26.2 Å². The zero-order valence-electron chi connectivity index (χ0n) is 12.0. The molecule has 0 aromatic carbocycles. The van der Waals surface area contributed by atoms with Crippen molar-refractivity contribution in [2.45, 2.75) is 84.2 Å².